The normalized spacial score (nSPS) is 12.5. The fraction of sp³-hybridized carbons (Fsp3) is 0.625. The Balaban J connectivity index is 3.24. The third-order valence-electron chi connectivity index (χ3n) is 2.22. The summed E-state index contributed by atoms with van der Waals surface area (Å²) >= 11 is 0. The van der Waals surface area contributed by atoms with Crippen molar-refractivity contribution in [2.45, 2.75) is 26.2 Å². The zero-order valence-electron chi connectivity index (χ0n) is 8.61. The second kappa shape index (κ2) is 4.08. The van der Waals surface area contributed by atoms with E-state index in [0.717, 1.165) is 11.1 Å². The molecule has 78 valence electrons. The predicted molar refractivity (Wildman–Crippen MR) is 54.7 cm³/mol. The van der Waals surface area contributed by atoms with E-state index in [1.165, 1.54) is 0 Å². The maximum Gasteiger partial charge on any atom is 0.295 e. The summed E-state index contributed by atoms with van der Waals surface area (Å²) in [6.07, 6.45) is 0.836. The lowest BCUT2D eigenvalue weighted by molar-refractivity contribution is 0.654. The minimum absolute atomic E-state index is 0.0794. The van der Waals surface area contributed by atoms with Gasteiger partial charge in [0.25, 0.3) is 5.56 Å². The molecule has 0 amide bonds. The standard InChI is InChI=1S/C8H15N5O/c1-4-5(2)6-7(14)13(9)8(10-3)12-11-6/h5H,4,9H2,1-3H3,(H,10,12). The average Bonchev–Trinajstić information content (AvgIpc) is 2.21. The van der Waals surface area contributed by atoms with Crippen molar-refractivity contribution in [2.24, 2.45) is 0 Å². The first kappa shape index (κ1) is 10.5. The van der Waals surface area contributed by atoms with Gasteiger partial charge in [0.2, 0.25) is 5.95 Å². The van der Waals surface area contributed by atoms with E-state index in [1.54, 1.807) is 7.05 Å². The number of nitrogens with zero attached hydrogens (tertiary/aromatic N) is 3. The minimum atomic E-state index is -0.293. The molecule has 3 N–H and O–H groups in total. The van der Waals surface area contributed by atoms with Gasteiger partial charge in [-0.2, -0.15) is 4.68 Å². The summed E-state index contributed by atoms with van der Waals surface area (Å²) in [4.78, 5) is 11.6. The molecular formula is C8H15N5O. The molecular weight excluding hydrogens is 182 g/mol. The summed E-state index contributed by atoms with van der Waals surface area (Å²) in [5.41, 5.74) is 0.118. The molecule has 0 fully saturated rings. The third kappa shape index (κ3) is 1.68. The Morgan fingerprint density at radius 2 is 2.21 bits per heavy atom. The quantitative estimate of drug-likeness (QED) is 0.661. The van der Waals surface area contributed by atoms with Gasteiger partial charge < -0.3 is 11.2 Å². The fourth-order valence-corrected chi connectivity index (χ4v) is 1.08. The Labute approximate surface area is 82.1 Å². The van der Waals surface area contributed by atoms with Crippen LogP contribution < -0.4 is 16.7 Å². The minimum Gasteiger partial charge on any atom is -0.356 e. The van der Waals surface area contributed by atoms with Crippen molar-refractivity contribution >= 4 is 5.95 Å². The molecule has 0 saturated carbocycles. The van der Waals surface area contributed by atoms with Gasteiger partial charge in [-0.1, -0.05) is 13.8 Å². The Bertz CT molecular complexity index is 372. The van der Waals surface area contributed by atoms with E-state index < -0.39 is 0 Å². The number of hydrogen-bond acceptors (Lipinski definition) is 5. The van der Waals surface area contributed by atoms with Crippen molar-refractivity contribution in [3.8, 4) is 0 Å². The van der Waals surface area contributed by atoms with Crippen LogP contribution in [0.4, 0.5) is 5.95 Å². The summed E-state index contributed by atoms with van der Waals surface area (Å²) in [6.45, 7) is 3.91. The van der Waals surface area contributed by atoms with Gasteiger partial charge in [0.1, 0.15) is 5.69 Å². The van der Waals surface area contributed by atoms with Crippen LogP contribution in [0, 0.1) is 0 Å². The Kier molecular flexibility index (Phi) is 3.06. The van der Waals surface area contributed by atoms with Crippen LogP contribution in [-0.2, 0) is 0 Å². The molecule has 0 aliphatic heterocycles. The van der Waals surface area contributed by atoms with Crippen LogP contribution in [0.3, 0.4) is 0 Å². The van der Waals surface area contributed by atoms with Gasteiger partial charge in [-0.05, 0) is 6.42 Å². The summed E-state index contributed by atoms with van der Waals surface area (Å²) in [5, 5.41) is 10.3. The van der Waals surface area contributed by atoms with Crippen molar-refractivity contribution in [1.82, 2.24) is 14.9 Å². The number of nitrogens with one attached hydrogen (secondary N) is 1. The fourth-order valence-electron chi connectivity index (χ4n) is 1.08. The molecule has 1 heterocycles. The van der Waals surface area contributed by atoms with E-state index in [2.05, 4.69) is 15.5 Å². The highest BCUT2D eigenvalue weighted by Gasteiger charge is 2.13. The van der Waals surface area contributed by atoms with E-state index in [0.29, 0.717) is 5.69 Å². The first-order valence-electron chi connectivity index (χ1n) is 4.54. The highest BCUT2D eigenvalue weighted by Crippen LogP contribution is 2.11. The maximum absolute atomic E-state index is 11.6. The zero-order valence-corrected chi connectivity index (χ0v) is 8.61. The van der Waals surface area contributed by atoms with Crippen molar-refractivity contribution in [2.75, 3.05) is 18.2 Å². The van der Waals surface area contributed by atoms with Crippen LogP contribution in [0.1, 0.15) is 31.9 Å². The first-order chi connectivity index (χ1) is 6.61. The number of nitrogen functional groups attached to an aromatic ring is 1. The third-order valence-corrected chi connectivity index (χ3v) is 2.22. The van der Waals surface area contributed by atoms with Gasteiger partial charge in [0, 0.05) is 13.0 Å². The number of hydrogen-bond donors (Lipinski definition) is 2. The lowest BCUT2D eigenvalue weighted by Crippen LogP contribution is -2.34. The van der Waals surface area contributed by atoms with E-state index in [9.17, 15) is 4.79 Å². The van der Waals surface area contributed by atoms with Gasteiger partial charge in [0.05, 0.1) is 0 Å². The SMILES string of the molecule is CCC(C)c1nnc(NC)n(N)c1=O. The average molecular weight is 197 g/mol. The van der Waals surface area contributed by atoms with Gasteiger partial charge in [0.15, 0.2) is 0 Å². The number of nitrogens with two attached hydrogens (primary N) is 1. The topological polar surface area (TPSA) is 85.8 Å². The molecule has 6 nitrogen and oxygen atoms in total. The molecule has 0 aromatic carbocycles. The molecule has 0 saturated heterocycles. The van der Waals surface area contributed by atoms with E-state index >= 15 is 0 Å². The van der Waals surface area contributed by atoms with Crippen LogP contribution in [-0.4, -0.2) is 21.9 Å². The summed E-state index contributed by atoms with van der Waals surface area (Å²) in [6, 6.07) is 0. The molecule has 1 aromatic heterocycles. The largest absolute Gasteiger partial charge is 0.356 e. The lowest BCUT2D eigenvalue weighted by atomic mass is 10.1. The predicted octanol–water partition coefficient (Wildman–Crippen LogP) is -0.0927. The van der Waals surface area contributed by atoms with Crippen LogP contribution >= 0.6 is 0 Å². The number of rotatable bonds is 3. The Morgan fingerprint density at radius 3 is 2.71 bits per heavy atom. The van der Waals surface area contributed by atoms with E-state index in [4.69, 9.17) is 5.84 Å². The summed E-state index contributed by atoms with van der Waals surface area (Å²) in [7, 11) is 1.63. The first-order valence-corrected chi connectivity index (χ1v) is 4.54. The highest BCUT2D eigenvalue weighted by atomic mass is 16.1. The smallest absolute Gasteiger partial charge is 0.295 e. The van der Waals surface area contributed by atoms with Crippen LogP contribution in [0.5, 0.6) is 0 Å². The molecule has 1 unspecified atom stereocenters. The molecule has 6 heteroatoms. The molecule has 0 spiro atoms. The van der Waals surface area contributed by atoms with Crippen LogP contribution in [0.15, 0.2) is 4.79 Å². The van der Waals surface area contributed by atoms with Crippen molar-refractivity contribution in [3.63, 3.8) is 0 Å². The highest BCUT2D eigenvalue weighted by molar-refractivity contribution is 5.23. The summed E-state index contributed by atoms with van der Waals surface area (Å²) in [5.74, 6) is 5.87. The van der Waals surface area contributed by atoms with Gasteiger partial charge in [-0.15, -0.1) is 10.2 Å². The summed E-state index contributed by atoms with van der Waals surface area (Å²) < 4.78 is 0.981. The van der Waals surface area contributed by atoms with Gasteiger partial charge in [-0.25, -0.2) is 0 Å². The molecule has 1 rings (SSSR count). The number of anilines is 1. The molecule has 1 aromatic rings. The second-order valence-corrected chi connectivity index (χ2v) is 3.14. The zero-order chi connectivity index (χ0) is 10.7. The van der Waals surface area contributed by atoms with Crippen LogP contribution in [0.2, 0.25) is 0 Å². The maximum atomic E-state index is 11.6. The Hall–Kier alpha value is -1.59. The van der Waals surface area contributed by atoms with Crippen molar-refractivity contribution in [3.05, 3.63) is 16.0 Å². The molecule has 0 radical (unpaired) electrons. The molecule has 0 bridgehead atoms. The lowest BCUT2D eigenvalue weighted by Gasteiger charge is -2.09. The number of aromatic nitrogens is 3. The molecule has 0 aliphatic carbocycles. The molecule has 0 aliphatic rings. The van der Waals surface area contributed by atoms with Gasteiger partial charge in [-0.3, -0.25) is 4.79 Å². The molecule has 1 atom stereocenters. The van der Waals surface area contributed by atoms with Crippen molar-refractivity contribution < 1.29 is 0 Å². The van der Waals surface area contributed by atoms with Crippen LogP contribution in [0.25, 0.3) is 0 Å². The molecule has 14 heavy (non-hydrogen) atoms. The van der Waals surface area contributed by atoms with E-state index in [1.807, 2.05) is 13.8 Å². The van der Waals surface area contributed by atoms with Gasteiger partial charge >= 0.3 is 0 Å². The van der Waals surface area contributed by atoms with Crippen molar-refractivity contribution in [1.29, 1.82) is 0 Å². The second-order valence-electron chi connectivity index (χ2n) is 3.14. The Morgan fingerprint density at radius 1 is 1.57 bits per heavy atom. The van der Waals surface area contributed by atoms with E-state index in [-0.39, 0.29) is 17.4 Å². The monoisotopic (exact) mass is 197 g/mol.